The van der Waals surface area contributed by atoms with Crippen molar-refractivity contribution >= 4 is 76.3 Å². The highest BCUT2D eigenvalue weighted by atomic mass is 16.6. The molecule has 2 saturated heterocycles. The Balaban J connectivity index is 0.556. The summed E-state index contributed by atoms with van der Waals surface area (Å²) in [6.45, 7) is 6.62. The average molecular weight is 1410 g/mol. The fourth-order valence-electron chi connectivity index (χ4n) is 15.0. The number of aliphatic hydroxyl groups excluding tert-OH is 1. The Hall–Kier alpha value is -10.3. The van der Waals surface area contributed by atoms with E-state index in [1.165, 1.54) is 13.2 Å². The predicted octanol–water partition coefficient (Wildman–Crippen LogP) is 9.62. The normalized spacial score (nSPS) is 18.9. The molecule has 5 aromatic carbocycles. The number of hydrogen-bond acceptors (Lipinski definition) is 18. The van der Waals surface area contributed by atoms with E-state index >= 15 is 0 Å². The number of carbonyl (C=O) groups excluding carboxylic acids is 9. The number of amides is 6. The van der Waals surface area contributed by atoms with E-state index in [-0.39, 0.29) is 140 Å². The molecule has 3 N–H and O–H groups in total. The van der Waals surface area contributed by atoms with Gasteiger partial charge in [-0.2, -0.15) is 0 Å². The third-order valence-electron chi connectivity index (χ3n) is 21.4. The molecule has 25 heteroatoms. The molecule has 6 heterocycles. The molecule has 2 spiro atoms. The molecule has 103 heavy (non-hydrogen) atoms. The number of aromatic nitrogens is 3. The number of methoxy groups -OCH3 is 2. The van der Waals surface area contributed by atoms with Crippen molar-refractivity contribution in [2.45, 2.75) is 155 Å². The van der Waals surface area contributed by atoms with Gasteiger partial charge in [-0.25, -0.2) is 14.4 Å². The van der Waals surface area contributed by atoms with Crippen molar-refractivity contribution in [3.05, 3.63) is 125 Å². The second kappa shape index (κ2) is 30.0. The molecule has 5 atom stereocenters. The van der Waals surface area contributed by atoms with E-state index in [0.717, 1.165) is 65.9 Å². The zero-order valence-electron chi connectivity index (χ0n) is 59.1. The van der Waals surface area contributed by atoms with Gasteiger partial charge in [0.15, 0.2) is 40.8 Å². The first kappa shape index (κ1) is 71.1. The van der Waals surface area contributed by atoms with Gasteiger partial charge in [0.05, 0.1) is 92.5 Å². The van der Waals surface area contributed by atoms with E-state index in [9.17, 15) is 48.3 Å². The predicted molar refractivity (Wildman–Crippen MR) is 380 cm³/mol. The van der Waals surface area contributed by atoms with Crippen LogP contribution >= 0.6 is 0 Å². The summed E-state index contributed by atoms with van der Waals surface area (Å²) in [5.74, 6) is -2.30. The molecule has 6 amide bonds. The number of benzene rings is 5. The molecule has 13 rings (SSSR count). The van der Waals surface area contributed by atoms with Crippen LogP contribution in [0.1, 0.15) is 148 Å². The van der Waals surface area contributed by atoms with Crippen LogP contribution in [0.2, 0.25) is 0 Å². The number of Topliss-reactive ketones (excluding diaryl/α,β-unsaturated/α-hetero) is 3. The van der Waals surface area contributed by atoms with Crippen molar-refractivity contribution in [2.24, 2.45) is 34.7 Å². The van der Waals surface area contributed by atoms with Gasteiger partial charge in [0.2, 0.25) is 17.7 Å². The van der Waals surface area contributed by atoms with E-state index in [4.69, 9.17) is 28.7 Å². The number of aryl methyl sites for hydroxylation is 1. The number of nitrogens with one attached hydrogen (secondary N) is 2. The molecule has 0 bridgehead atoms. The molecule has 0 radical (unpaired) electrons. The van der Waals surface area contributed by atoms with Crippen LogP contribution in [0.15, 0.2) is 102 Å². The number of ether oxygens (including phenoxy) is 5. The van der Waals surface area contributed by atoms with Crippen LogP contribution < -0.4 is 39.4 Å². The summed E-state index contributed by atoms with van der Waals surface area (Å²) in [5, 5.41) is 26.3. The van der Waals surface area contributed by atoms with Crippen molar-refractivity contribution in [2.75, 3.05) is 56.9 Å². The molecule has 5 aliphatic heterocycles. The number of para-hydroxylation sites is 1. The molecular formula is C78H88N10O15. The van der Waals surface area contributed by atoms with E-state index in [1.807, 2.05) is 66.7 Å². The first-order valence-electron chi connectivity index (χ1n) is 35.7. The number of nitrogens with zero attached hydrogens (tertiary/aromatic N) is 8. The van der Waals surface area contributed by atoms with Crippen molar-refractivity contribution in [3.63, 3.8) is 0 Å². The van der Waals surface area contributed by atoms with Gasteiger partial charge < -0.3 is 54.1 Å². The first-order chi connectivity index (χ1) is 49.6. The summed E-state index contributed by atoms with van der Waals surface area (Å²) < 4.78 is 31.6. The molecule has 6 aromatic rings. The van der Waals surface area contributed by atoms with Gasteiger partial charge in [-0.15, -0.1) is 5.10 Å². The summed E-state index contributed by atoms with van der Waals surface area (Å²) in [6.07, 6.45) is 6.31. The maximum absolute atomic E-state index is 14.5. The number of carbonyl (C=O) groups is 9. The number of aliphatic hydroxyl groups is 1. The Labute approximate surface area is 597 Å². The Kier molecular flexibility index (Phi) is 20.7. The maximum atomic E-state index is 14.5. The molecule has 1 aromatic heterocycles. The van der Waals surface area contributed by atoms with Gasteiger partial charge in [-0.3, -0.25) is 43.3 Å². The van der Waals surface area contributed by atoms with Crippen LogP contribution in [0.3, 0.4) is 0 Å². The standard InChI is InChI=1S/C78H88N10O15/c1-46(2)56(33-53(90)41-80-68(92)24-22-52(89)23-25-69(93)85-42-50-14-8-9-15-54(50)71-70(82-83-84(71)4)55-16-10-11-17-60(55)85)72(94)81-47(3)63(91)32-48-18-20-49(21-19-48)43-103-76(98)88-61-37-67(65(100-6)35-58(61)74(96)87-45-78(28-29-78)39-62(87)75(88)97)102-31-13-7-12-30-101-66-36-59-57(34-64(66)99-5)73(95)86-44-77(26-27-77)38-51(86)40-79-59/h8-11,14-21,34-37,40,46-47,51,56,62,75,97H,7,12-13,22-33,38-39,41-45H2,1-6H3,(H,80,92)(H,81,94)/t47-,51-,56-,62-,75-/m0/s1. The number of rotatable bonds is 28. The molecular weight excluding hydrogens is 1320 g/mol. The fourth-order valence-corrected chi connectivity index (χ4v) is 15.0. The number of hydrogen-bond donors (Lipinski definition) is 3. The lowest BCUT2D eigenvalue weighted by molar-refractivity contribution is -0.133. The number of unbranched alkanes of at least 4 members (excludes halogenated alkanes) is 2. The van der Waals surface area contributed by atoms with Crippen molar-refractivity contribution < 1.29 is 71.9 Å². The van der Waals surface area contributed by atoms with E-state index in [2.05, 4.69) is 20.9 Å². The van der Waals surface area contributed by atoms with Crippen LogP contribution in [0.5, 0.6) is 23.0 Å². The summed E-state index contributed by atoms with van der Waals surface area (Å²) in [7, 11) is 4.84. The van der Waals surface area contributed by atoms with Gasteiger partial charge >= 0.3 is 6.09 Å². The molecule has 2 saturated carbocycles. The Bertz CT molecular complexity index is 4350. The van der Waals surface area contributed by atoms with Crippen LogP contribution in [-0.2, 0) is 60.1 Å². The third kappa shape index (κ3) is 15.3. The maximum Gasteiger partial charge on any atom is 0.416 e. The van der Waals surface area contributed by atoms with E-state index in [0.29, 0.717) is 84.1 Å². The van der Waals surface area contributed by atoms with Crippen molar-refractivity contribution in [3.8, 4) is 45.5 Å². The highest BCUT2D eigenvalue weighted by Crippen LogP contribution is 2.58. The van der Waals surface area contributed by atoms with Crippen LogP contribution in [0, 0.1) is 22.7 Å². The van der Waals surface area contributed by atoms with Gasteiger partial charge in [0, 0.05) is 94.1 Å². The third-order valence-corrected chi connectivity index (χ3v) is 21.4. The smallest absolute Gasteiger partial charge is 0.416 e. The monoisotopic (exact) mass is 1400 g/mol. The minimum absolute atomic E-state index is 0.0135. The van der Waals surface area contributed by atoms with Gasteiger partial charge in [0.1, 0.15) is 18.1 Å². The average Bonchev–Trinajstić information content (AvgIpc) is 1.59. The molecule has 540 valence electrons. The number of aliphatic imine (C=N–C) groups is 1. The summed E-state index contributed by atoms with van der Waals surface area (Å²) in [6, 6.07) is 27.0. The topological polar surface area (TPSA) is 300 Å². The highest BCUT2D eigenvalue weighted by Gasteiger charge is 2.58. The second-order valence-corrected chi connectivity index (χ2v) is 29.0. The Morgan fingerprint density at radius 2 is 1.32 bits per heavy atom. The quantitative estimate of drug-likeness (QED) is 0.0385. The molecule has 25 nitrogen and oxygen atoms in total. The number of ketones is 3. The molecule has 7 aliphatic rings. The van der Waals surface area contributed by atoms with E-state index < -0.39 is 47.9 Å². The summed E-state index contributed by atoms with van der Waals surface area (Å²) in [4.78, 5) is 134. The lowest BCUT2D eigenvalue weighted by atomic mass is 9.89. The van der Waals surface area contributed by atoms with Gasteiger partial charge in [-0.05, 0) is 116 Å². The second-order valence-electron chi connectivity index (χ2n) is 29.0. The summed E-state index contributed by atoms with van der Waals surface area (Å²) in [5.41, 5.74) is 7.27. The molecule has 0 unspecified atom stereocenters. The van der Waals surface area contributed by atoms with E-state index in [1.54, 1.807) is 84.8 Å². The van der Waals surface area contributed by atoms with Crippen molar-refractivity contribution in [1.82, 2.24) is 35.4 Å². The zero-order chi connectivity index (χ0) is 72.4. The fraction of sp³-hybridized carbons (Fsp3) is 0.462. The SMILES string of the molecule is COc1cc2c(cc1OCCCCCOc1cc3c(cc1OC)C(=O)N1CC4(CC4)C[C@H]1[C@H](O)N3C(=O)OCc1ccc(CC(=O)[C@H](C)NC(=O)[C@@H](CC(=O)CNC(=O)CCC(=O)CCC(=O)N3Cc4ccccc4-c4c(nnn4C)-c4ccccc43)C(C)C)cc1)N=C[C@@H]1CC3(CC3)CN1C2=O. The first-order valence-corrected chi connectivity index (χ1v) is 35.7. The van der Waals surface area contributed by atoms with Crippen molar-refractivity contribution in [1.29, 1.82) is 0 Å². The minimum atomic E-state index is -1.46. The molecule has 4 fully saturated rings. The van der Waals surface area contributed by atoms with Gasteiger partial charge in [-0.1, -0.05) is 85.8 Å². The Morgan fingerprint density at radius 3 is 2.03 bits per heavy atom. The Morgan fingerprint density at radius 1 is 0.680 bits per heavy atom. The number of fused-ring (bicyclic) bond motifs is 9. The van der Waals surface area contributed by atoms with Crippen LogP contribution in [0.25, 0.3) is 22.5 Å². The van der Waals surface area contributed by atoms with Crippen LogP contribution in [-0.4, -0.2) is 161 Å². The highest BCUT2D eigenvalue weighted by molar-refractivity contribution is 6.07. The zero-order valence-corrected chi connectivity index (χ0v) is 59.1. The minimum Gasteiger partial charge on any atom is -0.493 e. The molecule has 2 aliphatic carbocycles. The summed E-state index contributed by atoms with van der Waals surface area (Å²) >= 11 is 0. The lowest BCUT2D eigenvalue weighted by Crippen LogP contribution is -2.50. The number of anilines is 2. The largest absolute Gasteiger partial charge is 0.493 e. The van der Waals surface area contributed by atoms with Gasteiger partial charge in [0.25, 0.3) is 11.8 Å². The lowest BCUT2D eigenvalue weighted by Gasteiger charge is -2.31. The van der Waals surface area contributed by atoms with Crippen LogP contribution in [0.4, 0.5) is 21.9 Å².